The molecule has 0 aliphatic carbocycles. The number of ether oxygens (including phenoxy) is 11. The third kappa shape index (κ3) is 24.3. The monoisotopic (exact) mass is 1930 g/mol. The Kier molecular flexibility index (Phi) is 37.1. The Morgan fingerprint density at radius 3 is 1.05 bits per heavy atom. The van der Waals surface area contributed by atoms with E-state index >= 15 is 0 Å². The van der Waals surface area contributed by atoms with Crippen molar-refractivity contribution in [2.24, 2.45) is 0 Å². The van der Waals surface area contributed by atoms with E-state index in [4.69, 9.17) is 52.1 Å². The molecule has 0 atom stereocenters. The van der Waals surface area contributed by atoms with E-state index in [2.05, 4.69) is 20.8 Å². The number of carbonyl (C=O) groups excluding carboxylic acids is 12. The molecule has 0 saturated carbocycles. The number of cyclic esters (lactones) is 6. The van der Waals surface area contributed by atoms with E-state index in [0.717, 1.165) is 78.1 Å². The summed E-state index contributed by atoms with van der Waals surface area (Å²) in [7, 11) is 3.22. The summed E-state index contributed by atoms with van der Waals surface area (Å²) in [5.41, 5.74) is 4.55. The summed E-state index contributed by atoms with van der Waals surface area (Å²) < 4.78 is 56.8. The van der Waals surface area contributed by atoms with E-state index in [1.54, 1.807) is 177 Å². The Labute approximate surface area is 809 Å². The third-order valence-corrected chi connectivity index (χ3v) is 26.5. The summed E-state index contributed by atoms with van der Waals surface area (Å²) in [6, 6.07) is 52.9. The molecule has 0 radical (unpaired) electrons. The molecular formula is C106H107N3O26S3. The molecule has 12 aromatic carbocycles. The number of esters is 6. The molecule has 0 spiro atoms. The van der Waals surface area contributed by atoms with Gasteiger partial charge < -0.3 is 52.1 Å². The van der Waals surface area contributed by atoms with Gasteiger partial charge in [-0.3, -0.25) is 44.4 Å². The van der Waals surface area contributed by atoms with Gasteiger partial charge >= 0.3 is 35.8 Å². The molecule has 6 amide bonds. The number of hydrogen-bond donors (Lipinski definition) is 3. The van der Waals surface area contributed by atoms with Gasteiger partial charge in [0.1, 0.15) is 37.1 Å². The lowest BCUT2D eigenvalue weighted by Crippen LogP contribution is -2.37. The van der Waals surface area contributed by atoms with Crippen LogP contribution in [0.3, 0.4) is 0 Å². The maximum absolute atomic E-state index is 12.3. The average Bonchev–Trinajstić information content (AvgIpc) is 0.744. The highest BCUT2D eigenvalue weighted by molar-refractivity contribution is 8.00. The fourth-order valence-corrected chi connectivity index (χ4v) is 19.5. The smallest absolute Gasteiger partial charge is 0.346 e. The second kappa shape index (κ2) is 50.0. The van der Waals surface area contributed by atoms with Crippen LogP contribution in [0.4, 0.5) is 0 Å². The Hall–Kier alpha value is -12.8. The van der Waals surface area contributed by atoms with E-state index in [1.165, 1.54) is 70.6 Å². The molecule has 720 valence electrons. The van der Waals surface area contributed by atoms with Crippen molar-refractivity contribution in [3.8, 4) is 17.2 Å². The third-order valence-electron chi connectivity index (χ3n) is 23.1. The highest BCUT2D eigenvalue weighted by Crippen LogP contribution is 2.42. The number of hydrogen-bond acceptors (Lipinski definition) is 29. The van der Waals surface area contributed by atoms with Crippen molar-refractivity contribution in [1.29, 1.82) is 0 Å². The van der Waals surface area contributed by atoms with Gasteiger partial charge in [-0.25, -0.2) is 28.8 Å². The number of thioether (sulfide) groups is 3. The van der Waals surface area contributed by atoms with Crippen LogP contribution < -0.4 is 14.2 Å². The van der Waals surface area contributed by atoms with E-state index in [-0.39, 0.29) is 15.2 Å². The number of hydroxylamine groups is 6. The van der Waals surface area contributed by atoms with Gasteiger partial charge in [0.2, 0.25) is 0 Å². The fourth-order valence-electron chi connectivity index (χ4n) is 16.3. The van der Waals surface area contributed by atoms with Gasteiger partial charge in [0.05, 0.1) is 113 Å². The number of rotatable bonds is 39. The molecule has 29 nitrogen and oxygen atoms in total. The number of methoxy groups -OCH3 is 2. The Morgan fingerprint density at radius 1 is 0.275 bits per heavy atom. The zero-order chi connectivity index (χ0) is 97.9. The van der Waals surface area contributed by atoms with Crippen LogP contribution in [-0.4, -0.2) is 206 Å². The Morgan fingerprint density at radius 2 is 0.601 bits per heavy atom. The lowest BCUT2D eigenvalue weighted by molar-refractivity contribution is -0.0381. The van der Waals surface area contributed by atoms with Crippen molar-refractivity contribution >= 4 is 171 Å². The SMILES string of the molecule is CCCCCCCCSc1cc2c3c(cccc3c1)C(=O)N(O)C2=O.CCCCCCCCSc1ccc2c3c(cccc13)C(=O)N(O)C2=O.CCCCSc1ccc2c3c(cccc13)C(=O)N(O)C2=O.CCOCCOc1cc2c3c(cccc3c1)C(=O)OC2=O.COCCOCCOc1cc2c3c(cccc3c1)C(=O)OC2=O.COCCOCCOc1ccc2c3c(cccc13)C(=O)OC2=O. The van der Waals surface area contributed by atoms with Crippen molar-refractivity contribution in [3.63, 3.8) is 0 Å². The number of amides is 6. The highest BCUT2D eigenvalue weighted by Gasteiger charge is 2.38. The predicted molar refractivity (Wildman–Crippen MR) is 522 cm³/mol. The minimum Gasteiger partial charge on any atom is -0.491 e. The zero-order valence-corrected chi connectivity index (χ0v) is 79.9. The maximum Gasteiger partial charge on any atom is 0.346 e. The lowest BCUT2D eigenvalue weighted by Gasteiger charge is -2.22. The normalized spacial score (nSPS) is 13.6. The Bertz CT molecular complexity index is 6530. The molecule has 6 aliphatic heterocycles. The molecule has 138 heavy (non-hydrogen) atoms. The van der Waals surface area contributed by atoms with Gasteiger partial charge in [-0.1, -0.05) is 164 Å². The van der Waals surface area contributed by atoms with E-state index in [9.17, 15) is 73.2 Å². The van der Waals surface area contributed by atoms with Crippen molar-refractivity contribution in [2.45, 2.75) is 132 Å². The van der Waals surface area contributed by atoms with Crippen molar-refractivity contribution < 1.29 is 125 Å². The molecule has 0 bridgehead atoms. The van der Waals surface area contributed by atoms with Gasteiger partial charge in [0.15, 0.2) is 0 Å². The van der Waals surface area contributed by atoms with Crippen LogP contribution in [0.5, 0.6) is 17.2 Å². The largest absolute Gasteiger partial charge is 0.491 e. The summed E-state index contributed by atoms with van der Waals surface area (Å²) in [5.74, 6) is -2.97. The number of nitrogens with zero attached hydrogens (tertiary/aromatic N) is 3. The first-order chi connectivity index (χ1) is 67.0. The quantitative estimate of drug-likeness (QED) is 0.00612. The first-order valence-electron chi connectivity index (χ1n) is 45.9. The molecule has 6 aliphatic rings. The predicted octanol–water partition coefficient (Wildman–Crippen LogP) is 21.2. The van der Waals surface area contributed by atoms with E-state index < -0.39 is 71.3 Å². The van der Waals surface area contributed by atoms with Crippen LogP contribution in [0.1, 0.15) is 242 Å². The molecule has 0 fully saturated rings. The Balaban J connectivity index is 0.000000140. The van der Waals surface area contributed by atoms with Crippen LogP contribution >= 0.6 is 35.3 Å². The van der Waals surface area contributed by atoms with Crippen LogP contribution in [-0.2, 0) is 37.9 Å². The van der Waals surface area contributed by atoms with E-state index in [0.29, 0.717) is 194 Å². The van der Waals surface area contributed by atoms with Crippen molar-refractivity contribution in [1.82, 2.24) is 15.2 Å². The van der Waals surface area contributed by atoms with E-state index in [1.807, 2.05) is 61.5 Å². The maximum atomic E-state index is 12.3. The number of carbonyl (C=O) groups is 12. The van der Waals surface area contributed by atoms with Gasteiger partial charge in [0, 0.05) is 73.2 Å². The first kappa shape index (κ1) is 103. The summed E-state index contributed by atoms with van der Waals surface area (Å²) in [6.45, 7) is 13.6. The molecular weight excluding hydrogens is 1830 g/mol. The molecule has 6 heterocycles. The van der Waals surface area contributed by atoms with Crippen LogP contribution in [0, 0.1) is 0 Å². The fraction of sp³-hybridized carbons (Fsp3) is 0.321. The number of imide groups is 3. The summed E-state index contributed by atoms with van der Waals surface area (Å²) >= 11 is 5.23. The molecule has 0 unspecified atom stereocenters. The summed E-state index contributed by atoms with van der Waals surface area (Å²) in [4.78, 5) is 147. The minimum atomic E-state index is -0.659. The highest BCUT2D eigenvalue weighted by atomic mass is 32.2. The van der Waals surface area contributed by atoms with Crippen molar-refractivity contribution in [2.75, 3.05) is 104 Å². The molecule has 12 aromatic rings. The zero-order valence-electron chi connectivity index (χ0n) is 77.4. The minimum absolute atomic E-state index is 0.195. The molecule has 0 saturated heterocycles. The first-order valence-corrected chi connectivity index (χ1v) is 48.9. The standard InChI is InChI=1S/2C20H23NO3S.2C17H16O6.C16H15NO3S.C16H14O5/c1-2-3-4-5-6-7-13-25-17-12-11-16-18-14(17)9-8-10-15(18)19(22)21(24)20(16)23;1-2-3-4-5-6-7-11-25-15-12-14-9-8-10-16-18(14)17(13-15)20(23)21(24)19(16)22;1-20-5-6-21-7-8-22-12-9-11-3-2-4-13-15(11)14(10-12)17(19)23-16(13)18;1-20-7-8-21-9-10-22-14-6-5-13-15-11(14)3-2-4-12(15)16(18)23-17(13)19;1-2-3-9-21-13-8-7-12-14-10(13)5-4-6-11(14)15(18)17(20)16(12)19;1-2-19-6-7-20-11-8-10-4-3-5-12-14(10)13(9-11)16(18)21-15(12)17/h8-12,24H,2-7,13H2,1H3;8-10,12-13,24H,2-7,11H2,1H3;2-4,9-10H,5-8H2,1H3;2-6H,7-10H2,1H3;4-8,20H,2-3,9H2,1H3;3-5,8-9H,2,6-7H2,1H3. The van der Waals surface area contributed by atoms with Gasteiger partial charge in [-0.2, -0.15) is 0 Å². The second-order valence-corrected chi connectivity index (χ2v) is 35.8. The van der Waals surface area contributed by atoms with Gasteiger partial charge in [-0.05, 0) is 180 Å². The molecule has 0 aromatic heterocycles. The second-order valence-electron chi connectivity index (χ2n) is 32.3. The summed E-state index contributed by atoms with van der Waals surface area (Å²) in [5, 5.41) is 38.4. The molecule has 32 heteroatoms. The van der Waals surface area contributed by atoms with Crippen LogP contribution in [0.2, 0.25) is 0 Å². The average molecular weight is 1940 g/mol. The van der Waals surface area contributed by atoms with Crippen molar-refractivity contribution in [3.05, 3.63) is 249 Å². The van der Waals surface area contributed by atoms with Crippen LogP contribution in [0.25, 0.3) is 64.6 Å². The number of benzene rings is 12. The lowest BCUT2D eigenvalue weighted by atomic mass is 9.95. The van der Waals surface area contributed by atoms with Crippen LogP contribution in [0.15, 0.2) is 197 Å². The molecule has 18 rings (SSSR count). The number of unbranched alkanes of at least 4 members (excludes halogenated alkanes) is 11. The topological polar surface area (TPSA) is 377 Å². The van der Waals surface area contributed by atoms with Gasteiger partial charge in [0.25, 0.3) is 35.4 Å². The van der Waals surface area contributed by atoms with Gasteiger partial charge in [-0.15, -0.1) is 50.5 Å². The summed E-state index contributed by atoms with van der Waals surface area (Å²) in [6.07, 6.45) is 17.4. The molecule has 3 N–H and O–H groups in total.